The van der Waals surface area contributed by atoms with Gasteiger partial charge in [0.15, 0.2) is 0 Å². The number of carbonyl (C=O) groups excluding carboxylic acids is 1. The van der Waals surface area contributed by atoms with Gasteiger partial charge in [0, 0.05) is 30.9 Å². The van der Waals surface area contributed by atoms with E-state index < -0.39 is 11.7 Å². The molecular formula is C24H28FN5O3. The highest BCUT2D eigenvalue weighted by Gasteiger charge is 2.15. The molecule has 1 aromatic heterocycles. The van der Waals surface area contributed by atoms with Crippen molar-refractivity contribution in [3.63, 3.8) is 0 Å². The molecule has 1 aliphatic rings. The van der Waals surface area contributed by atoms with Crippen LogP contribution in [0.25, 0.3) is 11.5 Å². The van der Waals surface area contributed by atoms with Gasteiger partial charge < -0.3 is 19.8 Å². The summed E-state index contributed by atoms with van der Waals surface area (Å²) in [5.74, 6) is -0.642. The van der Waals surface area contributed by atoms with Crippen molar-refractivity contribution in [3.8, 4) is 11.5 Å². The molecule has 4 rings (SSSR count). The van der Waals surface area contributed by atoms with E-state index in [0.29, 0.717) is 24.0 Å². The summed E-state index contributed by atoms with van der Waals surface area (Å²) >= 11 is 0. The van der Waals surface area contributed by atoms with Gasteiger partial charge in [-0.15, -0.1) is 5.10 Å². The van der Waals surface area contributed by atoms with E-state index in [1.807, 2.05) is 19.1 Å². The van der Waals surface area contributed by atoms with Gasteiger partial charge in [-0.25, -0.2) is 4.39 Å². The first-order valence-electron chi connectivity index (χ1n) is 11.2. The molecule has 0 unspecified atom stereocenters. The molecular weight excluding hydrogens is 425 g/mol. The van der Waals surface area contributed by atoms with Crippen molar-refractivity contribution in [3.05, 3.63) is 59.4 Å². The van der Waals surface area contributed by atoms with E-state index in [9.17, 15) is 9.18 Å². The largest absolute Gasteiger partial charge is 0.403 e. The highest BCUT2D eigenvalue weighted by Crippen LogP contribution is 2.27. The zero-order valence-corrected chi connectivity index (χ0v) is 18.6. The fourth-order valence-corrected chi connectivity index (χ4v) is 3.74. The van der Waals surface area contributed by atoms with Crippen LogP contribution in [0.5, 0.6) is 0 Å². The van der Waals surface area contributed by atoms with Gasteiger partial charge >= 0.3 is 6.01 Å². The maximum atomic E-state index is 13.9. The van der Waals surface area contributed by atoms with E-state index >= 15 is 0 Å². The smallest absolute Gasteiger partial charge is 0.315 e. The second-order valence-electron chi connectivity index (χ2n) is 7.81. The monoisotopic (exact) mass is 453 g/mol. The highest BCUT2D eigenvalue weighted by molar-refractivity contribution is 6.04. The summed E-state index contributed by atoms with van der Waals surface area (Å²) in [5.41, 5.74) is 2.31. The molecule has 1 aliphatic heterocycles. The summed E-state index contributed by atoms with van der Waals surface area (Å²) in [6.45, 7) is 7.28. The van der Waals surface area contributed by atoms with Gasteiger partial charge in [0.05, 0.1) is 18.8 Å². The van der Waals surface area contributed by atoms with E-state index in [-0.39, 0.29) is 5.56 Å². The number of halogens is 1. The predicted molar refractivity (Wildman–Crippen MR) is 124 cm³/mol. The average molecular weight is 454 g/mol. The number of amides is 1. The van der Waals surface area contributed by atoms with E-state index in [1.165, 1.54) is 12.1 Å². The molecule has 2 N–H and O–H groups in total. The normalized spacial score (nSPS) is 14.2. The molecule has 0 atom stereocenters. The van der Waals surface area contributed by atoms with E-state index in [0.717, 1.165) is 56.9 Å². The second-order valence-corrected chi connectivity index (χ2v) is 7.81. The number of hydrogen-bond donors (Lipinski definition) is 2. The minimum absolute atomic E-state index is 0.000799. The number of nitrogens with one attached hydrogen (secondary N) is 2. The molecule has 0 spiro atoms. The summed E-state index contributed by atoms with van der Waals surface area (Å²) in [6, 6.07) is 11.7. The van der Waals surface area contributed by atoms with Gasteiger partial charge in [0.2, 0.25) is 5.89 Å². The lowest BCUT2D eigenvalue weighted by molar-refractivity contribution is 0.0378. The van der Waals surface area contributed by atoms with Crippen molar-refractivity contribution >= 4 is 17.6 Å². The van der Waals surface area contributed by atoms with Crippen molar-refractivity contribution in [1.82, 2.24) is 15.1 Å². The predicted octanol–water partition coefficient (Wildman–Crippen LogP) is 3.82. The molecule has 0 bridgehead atoms. The number of aryl methyl sites for hydroxylation is 1. The fraction of sp³-hybridized carbons (Fsp3) is 0.375. The number of ether oxygens (including phenoxy) is 1. The van der Waals surface area contributed by atoms with Crippen molar-refractivity contribution in [2.24, 2.45) is 0 Å². The zero-order valence-electron chi connectivity index (χ0n) is 18.6. The molecule has 2 heterocycles. The summed E-state index contributed by atoms with van der Waals surface area (Å²) < 4.78 is 25.1. The lowest BCUT2D eigenvalue weighted by Crippen LogP contribution is -2.37. The lowest BCUT2D eigenvalue weighted by atomic mass is 10.0. The molecule has 0 aliphatic carbocycles. The number of morpholine rings is 1. The number of benzene rings is 2. The van der Waals surface area contributed by atoms with Crippen LogP contribution < -0.4 is 10.6 Å². The van der Waals surface area contributed by atoms with Crippen LogP contribution in [0.15, 0.2) is 46.9 Å². The third-order valence-electron chi connectivity index (χ3n) is 5.55. The van der Waals surface area contributed by atoms with Crippen molar-refractivity contribution in [1.29, 1.82) is 0 Å². The highest BCUT2D eigenvalue weighted by atomic mass is 19.1. The number of rotatable bonds is 9. The van der Waals surface area contributed by atoms with E-state index in [2.05, 4.69) is 25.7 Å². The van der Waals surface area contributed by atoms with Gasteiger partial charge in [-0.3, -0.25) is 9.69 Å². The fourth-order valence-electron chi connectivity index (χ4n) is 3.74. The SMILES string of the molecule is CCc1cc(NC(=O)c2ccccc2F)ccc1-c1nnc(NCCCN2CCOCC2)o1. The lowest BCUT2D eigenvalue weighted by Gasteiger charge is -2.26. The minimum Gasteiger partial charge on any atom is -0.403 e. The van der Waals surface area contributed by atoms with Crippen LogP contribution in [0.4, 0.5) is 16.1 Å². The van der Waals surface area contributed by atoms with E-state index in [1.54, 1.807) is 18.2 Å². The molecule has 8 nitrogen and oxygen atoms in total. The minimum atomic E-state index is -0.557. The standard InChI is InChI=1S/C24H28FN5O3/c1-2-17-16-18(27-22(31)20-6-3-4-7-21(20)25)8-9-19(17)23-28-29-24(33-23)26-10-5-11-30-12-14-32-15-13-30/h3-4,6-9,16H,2,5,10-15H2,1H3,(H,26,29)(H,27,31). The number of nitrogens with zero attached hydrogens (tertiary/aromatic N) is 3. The maximum absolute atomic E-state index is 13.9. The Kier molecular flexibility index (Phi) is 7.64. The first-order valence-corrected chi connectivity index (χ1v) is 11.2. The Labute approximate surface area is 192 Å². The molecule has 9 heteroatoms. The number of aromatic nitrogens is 2. The van der Waals surface area contributed by atoms with Crippen LogP contribution in [0.2, 0.25) is 0 Å². The Hall–Kier alpha value is -3.30. The first kappa shape index (κ1) is 22.9. The quantitative estimate of drug-likeness (QED) is 0.476. The molecule has 1 saturated heterocycles. The van der Waals surface area contributed by atoms with Gasteiger partial charge in [-0.1, -0.05) is 24.2 Å². The van der Waals surface area contributed by atoms with E-state index in [4.69, 9.17) is 9.15 Å². The van der Waals surface area contributed by atoms with Crippen LogP contribution in [-0.2, 0) is 11.2 Å². The Morgan fingerprint density at radius 1 is 1.15 bits per heavy atom. The Morgan fingerprint density at radius 3 is 2.76 bits per heavy atom. The maximum Gasteiger partial charge on any atom is 0.315 e. The second kappa shape index (κ2) is 11.0. The summed E-state index contributed by atoms with van der Waals surface area (Å²) in [6.07, 6.45) is 1.66. The molecule has 3 aromatic rings. The average Bonchev–Trinajstić information content (AvgIpc) is 3.31. The van der Waals surface area contributed by atoms with Crippen LogP contribution >= 0.6 is 0 Å². The van der Waals surface area contributed by atoms with Gasteiger partial charge in [-0.2, -0.15) is 0 Å². The van der Waals surface area contributed by atoms with Crippen LogP contribution in [0, 0.1) is 5.82 Å². The molecule has 33 heavy (non-hydrogen) atoms. The van der Waals surface area contributed by atoms with Crippen molar-refractivity contribution in [2.75, 3.05) is 50.0 Å². The third-order valence-corrected chi connectivity index (χ3v) is 5.55. The molecule has 0 radical (unpaired) electrons. The summed E-state index contributed by atoms with van der Waals surface area (Å²) in [4.78, 5) is 14.8. The Morgan fingerprint density at radius 2 is 1.97 bits per heavy atom. The van der Waals surface area contributed by atoms with Crippen LogP contribution in [0.3, 0.4) is 0 Å². The zero-order chi connectivity index (χ0) is 23.0. The van der Waals surface area contributed by atoms with Crippen LogP contribution in [-0.4, -0.2) is 60.4 Å². The Bertz CT molecular complexity index is 1080. The molecule has 1 fully saturated rings. The third kappa shape index (κ3) is 5.94. The van der Waals surface area contributed by atoms with Gasteiger partial charge in [0.1, 0.15) is 5.82 Å². The number of carbonyl (C=O) groups is 1. The summed E-state index contributed by atoms with van der Waals surface area (Å²) in [7, 11) is 0. The number of anilines is 2. The molecule has 174 valence electrons. The van der Waals surface area contributed by atoms with Gasteiger partial charge in [0.25, 0.3) is 5.91 Å². The van der Waals surface area contributed by atoms with Crippen molar-refractivity contribution < 1.29 is 18.3 Å². The number of hydrogen-bond acceptors (Lipinski definition) is 7. The summed E-state index contributed by atoms with van der Waals surface area (Å²) in [5, 5.41) is 14.2. The van der Waals surface area contributed by atoms with Gasteiger partial charge in [-0.05, 0) is 55.3 Å². The Balaban J connectivity index is 1.36. The molecule has 2 aromatic carbocycles. The first-order chi connectivity index (χ1) is 16.1. The van der Waals surface area contributed by atoms with Crippen LogP contribution in [0.1, 0.15) is 29.3 Å². The van der Waals surface area contributed by atoms with Crippen molar-refractivity contribution in [2.45, 2.75) is 19.8 Å². The topological polar surface area (TPSA) is 92.5 Å². The molecule has 1 amide bonds. The molecule has 0 saturated carbocycles.